The second-order valence-corrected chi connectivity index (χ2v) is 4.54. The third kappa shape index (κ3) is 4.20. The molecule has 1 amide bonds. The standard InChI is InChI=1S/C13H15BrN2O/c1-2-12(6-7-14)16-13(17)11-5-3-4-10(8-11)9-15/h3-5,8,12H,2,6-7H2,1H3,(H,16,17). The topological polar surface area (TPSA) is 52.9 Å². The molecule has 0 saturated carbocycles. The minimum absolute atomic E-state index is 0.116. The van der Waals surface area contributed by atoms with Gasteiger partial charge in [0.05, 0.1) is 11.6 Å². The molecular weight excluding hydrogens is 280 g/mol. The molecule has 17 heavy (non-hydrogen) atoms. The van der Waals surface area contributed by atoms with Gasteiger partial charge in [-0.25, -0.2) is 0 Å². The lowest BCUT2D eigenvalue weighted by Crippen LogP contribution is -2.34. The number of carbonyl (C=O) groups excluding carboxylic acids is 1. The highest BCUT2D eigenvalue weighted by atomic mass is 79.9. The Labute approximate surface area is 110 Å². The van der Waals surface area contributed by atoms with Gasteiger partial charge >= 0.3 is 0 Å². The number of hydrogen-bond donors (Lipinski definition) is 1. The Kier molecular flexibility index (Phi) is 5.71. The lowest BCUT2D eigenvalue weighted by Gasteiger charge is -2.15. The van der Waals surface area contributed by atoms with E-state index in [9.17, 15) is 4.79 Å². The molecule has 0 aliphatic rings. The molecule has 1 N–H and O–H groups in total. The van der Waals surface area contributed by atoms with Crippen molar-refractivity contribution in [1.29, 1.82) is 5.26 Å². The first-order valence-electron chi connectivity index (χ1n) is 5.58. The van der Waals surface area contributed by atoms with E-state index in [-0.39, 0.29) is 11.9 Å². The number of nitriles is 1. The number of carbonyl (C=O) groups is 1. The van der Waals surface area contributed by atoms with E-state index in [2.05, 4.69) is 21.2 Å². The Hall–Kier alpha value is -1.34. The van der Waals surface area contributed by atoms with Crippen LogP contribution in [0.3, 0.4) is 0 Å². The van der Waals surface area contributed by atoms with Crippen molar-refractivity contribution in [2.24, 2.45) is 0 Å². The van der Waals surface area contributed by atoms with Crippen LogP contribution in [0.1, 0.15) is 35.7 Å². The fourth-order valence-electron chi connectivity index (χ4n) is 1.51. The number of amides is 1. The maximum absolute atomic E-state index is 11.9. The number of benzene rings is 1. The fraction of sp³-hybridized carbons (Fsp3) is 0.385. The van der Waals surface area contributed by atoms with Crippen LogP contribution in [0.4, 0.5) is 0 Å². The summed E-state index contributed by atoms with van der Waals surface area (Å²) in [6, 6.07) is 8.94. The summed E-state index contributed by atoms with van der Waals surface area (Å²) in [5, 5.41) is 12.6. The third-order valence-electron chi connectivity index (χ3n) is 2.54. The third-order valence-corrected chi connectivity index (χ3v) is 3.00. The summed E-state index contributed by atoms with van der Waals surface area (Å²) in [7, 11) is 0. The van der Waals surface area contributed by atoms with E-state index in [4.69, 9.17) is 5.26 Å². The van der Waals surface area contributed by atoms with Crippen LogP contribution in [-0.4, -0.2) is 17.3 Å². The normalized spacial score (nSPS) is 11.6. The highest BCUT2D eigenvalue weighted by molar-refractivity contribution is 9.09. The Morgan fingerprint density at radius 2 is 2.35 bits per heavy atom. The van der Waals surface area contributed by atoms with Gasteiger partial charge in [0.25, 0.3) is 5.91 Å². The van der Waals surface area contributed by atoms with Gasteiger partial charge in [0.1, 0.15) is 0 Å². The molecule has 1 aromatic carbocycles. The van der Waals surface area contributed by atoms with Gasteiger partial charge in [0, 0.05) is 16.9 Å². The average molecular weight is 295 g/mol. The number of rotatable bonds is 5. The zero-order valence-corrected chi connectivity index (χ0v) is 11.3. The minimum Gasteiger partial charge on any atom is -0.349 e. The summed E-state index contributed by atoms with van der Waals surface area (Å²) in [5.74, 6) is -0.116. The largest absolute Gasteiger partial charge is 0.349 e. The van der Waals surface area contributed by atoms with Gasteiger partial charge in [0.15, 0.2) is 0 Å². The number of nitrogens with zero attached hydrogens (tertiary/aromatic N) is 1. The molecule has 0 aliphatic carbocycles. The molecule has 0 bridgehead atoms. The predicted octanol–water partition coefficient (Wildman–Crippen LogP) is 2.85. The van der Waals surface area contributed by atoms with Crippen molar-refractivity contribution in [2.45, 2.75) is 25.8 Å². The van der Waals surface area contributed by atoms with Gasteiger partial charge in [-0.05, 0) is 31.0 Å². The monoisotopic (exact) mass is 294 g/mol. The SMILES string of the molecule is CCC(CCBr)NC(=O)c1cccc(C#N)c1. The molecule has 0 spiro atoms. The average Bonchev–Trinajstić information content (AvgIpc) is 2.38. The van der Waals surface area contributed by atoms with E-state index in [1.54, 1.807) is 24.3 Å². The van der Waals surface area contributed by atoms with Crippen LogP contribution in [0.5, 0.6) is 0 Å². The summed E-state index contributed by atoms with van der Waals surface area (Å²) in [6.45, 7) is 2.04. The molecule has 1 atom stereocenters. The molecule has 0 heterocycles. The summed E-state index contributed by atoms with van der Waals surface area (Å²) < 4.78 is 0. The van der Waals surface area contributed by atoms with Crippen molar-refractivity contribution in [3.8, 4) is 6.07 Å². The Morgan fingerprint density at radius 3 is 2.94 bits per heavy atom. The number of nitrogens with one attached hydrogen (secondary N) is 1. The van der Waals surface area contributed by atoms with Crippen LogP contribution in [0.25, 0.3) is 0 Å². The van der Waals surface area contributed by atoms with Gasteiger partial charge in [-0.1, -0.05) is 28.9 Å². The van der Waals surface area contributed by atoms with Crippen LogP contribution in [-0.2, 0) is 0 Å². The minimum atomic E-state index is -0.116. The lowest BCUT2D eigenvalue weighted by atomic mass is 10.1. The zero-order valence-electron chi connectivity index (χ0n) is 9.74. The maximum Gasteiger partial charge on any atom is 0.251 e. The number of hydrogen-bond acceptors (Lipinski definition) is 2. The number of alkyl halides is 1. The molecule has 1 rings (SSSR count). The van der Waals surface area contributed by atoms with Crippen LogP contribution in [0.2, 0.25) is 0 Å². The van der Waals surface area contributed by atoms with Gasteiger partial charge in [-0.3, -0.25) is 4.79 Å². The zero-order chi connectivity index (χ0) is 12.7. The fourth-order valence-corrected chi connectivity index (χ4v) is 2.06. The summed E-state index contributed by atoms with van der Waals surface area (Å²) >= 11 is 3.37. The van der Waals surface area contributed by atoms with Crippen LogP contribution in [0, 0.1) is 11.3 Å². The van der Waals surface area contributed by atoms with E-state index in [0.29, 0.717) is 11.1 Å². The molecule has 1 unspecified atom stereocenters. The molecule has 0 saturated heterocycles. The second-order valence-electron chi connectivity index (χ2n) is 3.75. The Bertz CT molecular complexity index is 426. The van der Waals surface area contributed by atoms with Crippen LogP contribution in [0.15, 0.2) is 24.3 Å². The molecule has 0 aliphatic heterocycles. The van der Waals surface area contributed by atoms with E-state index in [1.165, 1.54) is 0 Å². The molecule has 0 radical (unpaired) electrons. The first-order chi connectivity index (χ1) is 8.21. The molecule has 3 nitrogen and oxygen atoms in total. The van der Waals surface area contributed by atoms with Gasteiger partial charge < -0.3 is 5.32 Å². The molecule has 0 aromatic heterocycles. The maximum atomic E-state index is 11.9. The van der Waals surface area contributed by atoms with Gasteiger partial charge in [-0.2, -0.15) is 5.26 Å². The van der Waals surface area contributed by atoms with E-state index in [1.807, 2.05) is 13.0 Å². The second kappa shape index (κ2) is 7.08. The predicted molar refractivity (Wildman–Crippen MR) is 71.1 cm³/mol. The van der Waals surface area contributed by atoms with Crippen molar-refractivity contribution >= 4 is 21.8 Å². The Morgan fingerprint density at radius 1 is 1.59 bits per heavy atom. The summed E-state index contributed by atoms with van der Waals surface area (Å²) in [6.07, 6.45) is 1.80. The molecule has 90 valence electrons. The molecule has 0 fully saturated rings. The smallest absolute Gasteiger partial charge is 0.251 e. The highest BCUT2D eigenvalue weighted by Crippen LogP contribution is 2.06. The van der Waals surface area contributed by atoms with E-state index >= 15 is 0 Å². The van der Waals surface area contributed by atoms with Crippen molar-refractivity contribution in [1.82, 2.24) is 5.32 Å². The van der Waals surface area contributed by atoms with Gasteiger partial charge in [0.2, 0.25) is 0 Å². The lowest BCUT2D eigenvalue weighted by molar-refractivity contribution is 0.0935. The molecule has 4 heteroatoms. The van der Waals surface area contributed by atoms with Crippen molar-refractivity contribution in [3.05, 3.63) is 35.4 Å². The highest BCUT2D eigenvalue weighted by Gasteiger charge is 2.11. The molecular formula is C13H15BrN2O. The first kappa shape index (κ1) is 13.7. The van der Waals surface area contributed by atoms with Crippen molar-refractivity contribution in [2.75, 3.05) is 5.33 Å². The van der Waals surface area contributed by atoms with Crippen LogP contribution >= 0.6 is 15.9 Å². The molecule has 1 aromatic rings. The van der Waals surface area contributed by atoms with E-state index in [0.717, 1.165) is 18.2 Å². The Balaban J connectivity index is 2.72. The van der Waals surface area contributed by atoms with E-state index < -0.39 is 0 Å². The van der Waals surface area contributed by atoms with Crippen LogP contribution < -0.4 is 5.32 Å². The van der Waals surface area contributed by atoms with Crippen molar-refractivity contribution < 1.29 is 4.79 Å². The first-order valence-corrected chi connectivity index (χ1v) is 6.70. The summed E-state index contributed by atoms with van der Waals surface area (Å²) in [5.41, 5.74) is 1.04. The number of halogens is 1. The quantitative estimate of drug-likeness (QED) is 0.849. The summed E-state index contributed by atoms with van der Waals surface area (Å²) in [4.78, 5) is 11.9. The van der Waals surface area contributed by atoms with Gasteiger partial charge in [-0.15, -0.1) is 0 Å². The van der Waals surface area contributed by atoms with Crippen molar-refractivity contribution in [3.63, 3.8) is 0 Å².